The van der Waals surface area contributed by atoms with Gasteiger partial charge in [-0.2, -0.15) is 13.2 Å². The van der Waals surface area contributed by atoms with Crippen LogP contribution in [-0.4, -0.2) is 16.7 Å². The van der Waals surface area contributed by atoms with E-state index in [2.05, 4.69) is 15.5 Å². The molecule has 0 saturated heterocycles. The summed E-state index contributed by atoms with van der Waals surface area (Å²) in [7, 11) is 0. The van der Waals surface area contributed by atoms with E-state index in [-0.39, 0.29) is 6.04 Å². The molecule has 0 amide bonds. The summed E-state index contributed by atoms with van der Waals surface area (Å²) < 4.78 is 36.9. The first-order valence-corrected chi connectivity index (χ1v) is 5.94. The molecule has 0 bridgehead atoms. The van der Waals surface area contributed by atoms with Crippen molar-refractivity contribution < 1.29 is 13.2 Å². The van der Waals surface area contributed by atoms with Gasteiger partial charge < -0.3 is 5.32 Å². The fourth-order valence-corrected chi connectivity index (χ4v) is 2.08. The molecular weight excluding hydrogens is 239 g/mol. The molecule has 0 radical (unpaired) electrons. The summed E-state index contributed by atoms with van der Waals surface area (Å²) in [5.74, 6) is 0. The zero-order valence-electron chi connectivity index (χ0n) is 9.14. The molecule has 1 unspecified atom stereocenters. The van der Waals surface area contributed by atoms with Gasteiger partial charge in [0.05, 0.1) is 6.04 Å². The van der Waals surface area contributed by atoms with Crippen molar-refractivity contribution in [2.45, 2.75) is 38.9 Å². The third-order valence-corrected chi connectivity index (χ3v) is 3.11. The Morgan fingerprint density at radius 3 is 2.44 bits per heavy atom. The molecule has 1 rings (SSSR count). The van der Waals surface area contributed by atoms with Gasteiger partial charge in [0.15, 0.2) is 0 Å². The Kier molecular flexibility index (Phi) is 4.67. The summed E-state index contributed by atoms with van der Waals surface area (Å²) in [4.78, 5) is 0. The molecule has 0 aliphatic rings. The first-order valence-electron chi connectivity index (χ1n) is 5.13. The molecule has 92 valence electrons. The van der Waals surface area contributed by atoms with Gasteiger partial charge in [0, 0.05) is 0 Å². The quantitative estimate of drug-likeness (QED) is 0.876. The van der Waals surface area contributed by atoms with E-state index in [1.54, 1.807) is 0 Å². The van der Waals surface area contributed by atoms with Crippen LogP contribution in [0.15, 0.2) is 0 Å². The van der Waals surface area contributed by atoms with Crippen molar-refractivity contribution in [3.8, 4) is 0 Å². The minimum atomic E-state index is -4.39. The second-order valence-corrected chi connectivity index (χ2v) is 4.37. The molecule has 0 aromatic carbocycles. The lowest BCUT2D eigenvalue weighted by molar-refractivity contribution is -0.138. The van der Waals surface area contributed by atoms with Gasteiger partial charge in [-0.15, -0.1) is 10.2 Å². The molecule has 1 aromatic heterocycles. The summed E-state index contributed by atoms with van der Waals surface area (Å²) in [6.45, 7) is 4.67. The molecule has 3 nitrogen and oxygen atoms in total. The van der Waals surface area contributed by atoms with E-state index in [4.69, 9.17) is 0 Å². The van der Waals surface area contributed by atoms with Crippen LogP contribution in [0.5, 0.6) is 0 Å². The molecule has 0 aliphatic carbocycles. The van der Waals surface area contributed by atoms with Gasteiger partial charge in [0.1, 0.15) is 5.01 Å². The number of alkyl halides is 3. The maximum atomic E-state index is 12.3. The van der Waals surface area contributed by atoms with Gasteiger partial charge in [-0.1, -0.05) is 25.2 Å². The molecule has 16 heavy (non-hydrogen) atoms. The highest BCUT2D eigenvalue weighted by atomic mass is 32.1. The van der Waals surface area contributed by atoms with Crippen LogP contribution in [0, 0.1) is 0 Å². The molecule has 0 fully saturated rings. The second kappa shape index (κ2) is 5.58. The van der Waals surface area contributed by atoms with Crippen molar-refractivity contribution in [2.75, 3.05) is 6.54 Å². The third-order valence-electron chi connectivity index (χ3n) is 2.03. The van der Waals surface area contributed by atoms with Gasteiger partial charge in [-0.05, 0) is 19.4 Å². The molecule has 1 atom stereocenters. The zero-order valence-corrected chi connectivity index (χ0v) is 9.95. The minimum absolute atomic E-state index is 0.131. The van der Waals surface area contributed by atoms with E-state index in [1.807, 2.05) is 13.8 Å². The molecule has 0 saturated carbocycles. The average molecular weight is 253 g/mol. The topological polar surface area (TPSA) is 37.8 Å². The average Bonchev–Trinajstić information content (AvgIpc) is 2.68. The predicted molar refractivity (Wildman–Crippen MR) is 56.2 cm³/mol. The van der Waals surface area contributed by atoms with Gasteiger partial charge in [-0.3, -0.25) is 0 Å². The molecule has 1 heterocycles. The highest BCUT2D eigenvalue weighted by Crippen LogP contribution is 2.33. The summed E-state index contributed by atoms with van der Waals surface area (Å²) in [5.41, 5.74) is 0. The lowest BCUT2D eigenvalue weighted by Gasteiger charge is -2.12. The molecule has 1 aromatic rings. The fourth-order valence-electron chi connectivity index (χ4n) is 1.21. The van der Waals surface area contributed by atoms with E-state index < -0.39 is 11.2 Å². The molecule has 7 heteroatoms. The maximum absolute atomic E-state index is 12.3. The number of hydrogen-bond donors (Lipinski definition) is 1. The first-order chi connectivity index (χ1) is 7.49. The number of nitrogens with zero attached hydrogens (tertiary/aromatic N) is 2. The van der Waals surface area contributed by atoms with Crippen molar-refractivity contribution in [3.63, 3.8) is 0 Å². The van der Waals surface area contributed by atoms with Gasteiger partial charge in [0.2, 0.25) is 5.01 Å². The Morgan fingerprint density at radius 1 is 1.31 bits per heavy atom. The highest BCUT2D eigenvalue weighted by molar-refractivity contribution is 7.11. The molecular formula is C9H14F3N3S. The van der Waals surface area contributed by atoms with Crippen LogP contribution in [-0.2, 0) is 6.18 Å². The Labute approximate surface area is 96.1 Å². The van der Waals surface area contributed by atoms with Crippen molar-refractivity contribution in [3.05, 3.63) is 10.0 Å². The van der Waals surface area contributed by atoms with Gasteiger partial charge >= 0.3 is 6.18 Å². The van der Waals surface area contributed by atoms with Crippen molar-refractivity contribution in [2.24, 2.45) is 0 Å². The zero-order chi connectivity index (χ0) is 12.2. The predicted octanol–water partition coefficient (Wildman–Crippen LogP) is 3.01. The summed E-state index contributed by atoms with van der Waals surface area (Å²) in [6, 6.07) is -0.131. The van der Waals surface area contributed by atoms with Gasteiger partial charge in [0.25, 0.3) is 0 Å². The lowest BCUT2D eigenvalue weighted by atomic mass is 10.2. The smallest absolute Gasteiger partial charge is 0.308 e. The third kappa shape index (κ3) is 3.41. The molecule has 0 spiro atoms. The SMILES string of the molecule is CCCNC(CC)c1nnc(C(F)(F)F)s1. The summed E-state index contributed by atoms with van der Waals surface area (Å²) in [5, 5.41) is 9.43. The second-order valence-electron chi connectivity index (χ2n) is 3.36. The van der Waals surface area contributed by atoms with E-state index in [0.29, 0.717) is 22.8 Å². The minimum Gasteiger partial charge on any atom is -0.308 e. The van der Waals surface area contributed by atoms with Crippen LogP contribution >= 0.6 is 11.3 Å². The number of halogens is 3. The Balaban J connectivity index is 2.75. The van der Waals surface area contributed by atoms with Crippen LogP contribution in [0.1, 0.15) is 42.7 Å². The standard InChI is InChI=1S/C9H14F3N3S/c1-3-5-13-6(4-2)7-14-15-8(16-7)9(10,11)12/h6,13H,3-5H2,1-2H3. The van der Waals surface area contributed by atoms with E-state index in [0.717, 1.165) is 13.0 Å². The highest BCUT2D eigenvalue weighted by Gasteiger charge is 2.36. The number of nitrogens with one attached hydrogen (secondary N) is 1. The number of hydrogen-bond acceptors (Lipinski definition) is 4. The number of aromatic nitrogens is 2. The monoisotopic (exact) mass is 253 g/mol. The van der Waals surface area contributed by atoms with Crippen molar-refractivity contribution in [1.29, 1.82) is 0 Å². The van der Waals surface area contributed by atoms with Crippen LogP contribution in [0.4, 0.5) is 13.2 Å². The first kappa shape index (κ1) is 13.4. The van der Waals surface area contributed by atoms with E-state index in [1.165, 1.54) is 0 Å². The normalized spacial score (nSPS) is 14.1. The van der Waals surface area contributed by atoms with E-state index in [9.17, 15) is 13.2 Å². The Hall–Kier alpha value is -0.690. The van der Waals surface area contributed by atoms with Crippen LogP contribution in [0.3, 0.4) is 0 Å². The van der Waals surface area contributed by atoms with Gasteiger partial charge in [-0.25, -0.2) is 0 Å². The van der Waals surface area contributed by atoms with Crippen LogP contribution < -0.4 is 5.32 Å². The van der Waals surface area contributed by atoms with Crippen molar-refractivity contribution in [1.82, 2.24) is 15.5 Å². The summed E-state index contributed by atoms with van der Waals surface area (Å²) >= 11 is 0.613. The van der Waals surface area contributed by atoms with Crippen LogP contribution in [0.25, 0.3) is 0 Å². The Bertz CT molecular complexity index is 324. The van der Waals surface area contributed by atoms with Crippen LogP contribution in [0.2, 0.25) is 0 Å². The molecule has 0 aliphatic heterocycles. The maximum Gasteiger partial charge on any atom is 0.445 e. The Morgan fingerprint density at radius 2 is 2.00 bits per heavy atom. The lowest BCUT2D eigenvalue weighted by Crippen LogP contribution is -2.21. The summed E-state index contributed by atoms with van der Waals surface area (Å²) in [6.07, 6.45) is -2.76. The largest absolute Gasteiger partial charge is 0.445 e. The fraction of sp³-hybridized carbons (Fsp3) is 0.778. The number of rotatable bonds is 5. The molecule has 1 N–H and O–H groups in total. The van der Waals surface area contributed by atoms with E-state index >= 15 is 0 Å². The van der Waals surface area contributed by atoms with Crippen molar-refractivity contribution >= 4 is 11.3 Å².